The Hall–Kier alpha value is -1.81. The van der Waals surface area contributed by atoms with E-state index in [4.69, 9.17) is 5.26 Å². The molecular weight excluding hydrogens is 182 g/mol. The SMILES string of the molecule is N#CC[C@H]1Cc2cccc3cccc1c23. The van der Waals surface area contributed by atoms with E-state index in [0.717, 1.165) is 6.42 Å². The third-order valence-corrected chi connectivity index (χ3v) is 3.27. The van der Waals surface area contributed by atoms with Gasteiger partial charge in [0.2, 0.25) is 0 Å². The Kier molecular flexibility index (Phi) is 1.76. The lowest BCUT2D eigenvalue weighted by Gasteiger charge is -2.05. The van der Waals surface area contributed by atoms with Crippen molar-refractivity contribution >= 4 is 10.8 Å². The lowest BCUT2D eigenvalue weighted by molar-refractivity contribution is 0.734. The zero-order valence-corrected chi connectivity index (χ0v) is 8.40. The molecular formula is C14H11N. The maximum atomic E-state index is 8.81. The second kappa shape index (κ2) is 3.10. The molecule has 0 heterocycles. The molecule has 0 aromatic heterocycles. The summed E-state index contributed by atoms with van der Waals surface area (Å²) in [6, 6.07) is 15.1. The van der Waals surface area contributed by atoms with Crippen molar-refractivity contribution in [2.24, 2.45) is 0 Å². The molecule has 2 aromatic rings. The van der Waals surface area contributed by atoms with Crippen LogP contribution in [-0.2, 0) is 6.42 Å². The van der Waals surface area contributed by atoms with Crippen molar-refractivity contribution < 1.29 is 0 Å². The molecule has 0 N–H and O–H groups in total. The van der Waals surface area contributed by atoms with Gasteiger partial charge >= 0.3 is 0 Å². The predicted molar refractivity (Wildman–Crippen MR) is 60.6 cm³/mol. The van der Waals surface area contributed by atoms with E-state index in [0.29, 0.717) is 12.3 Å². The van der Waals surface area contributed by atoms with E-state index in [-0.39, 0.29) is 0 Å². The van der Waals surface area contributed by atoms with Crippen LogP contribution < -0.4 is 0 Å². The smallest absolute Gasteiger partial charge is 0.0628 e. The van der Waals surface area contributed by atoms with Crippen LogP contribution >= 0.6 is 0 Å². The van der Waals surface area contributed by atoms with Gasteiger partial charge in [0.25, 0.3) is 0 Å². The molecule has 15 heavy (non-hydrogen) atoms. The molecule has 1 aliphatic rings. The minimum absolute atomic E-state index is 0.413. The molecule has 1 nitrogen and oxygen atoms in total. The minimum atomic E-state index is 0.413. The molecule has 1 aliphatic carbocycles. The number of rotatable bonds is 1. The molecule has 3 rings (SSSR count). The second-order valence-corrected chi connectivity index (χ2v) is 4.13. The van der Waals surface area contributed by atoms with Crippen molar-refractivity contribution in [3.8, 4) is 6.07 Å². The maximum Gasteiger partial charge on any atom is 0.0628 e. The summed E-state index contributed by atoms with van der Waals surface area (Å²) in [5.74, 6) is 0.413. The summed E-state index contributed by atoms with van der Waals surface area (Å²) in [7, 11) is 0. The third-order valence-electron chi connectivity index (χ3n) is 3.27. The maximum absolute atomic E-state index is 8.81. The quantitative estimate of drug-likeness (QED) is 0.681. The zero-order chi connectivity index (χ0) is 10.3. The van der Waals surface area contributed by atoms with Gasteiger partial charge in [0, 0.05) is 12.3 Å². The molecule has 0 bridgehead atoms. The normalized spacial score (nSPS) is 17.9. The molecule has 2 aromatic carbocycles. The first-order chi connectivity index (χ1) is 7.40. The lowest BCUT2D eigenvalue weighted by Crippen LogP contribution is -1.93. The molecule has 0 amide bonds. The number of nitriles is 1. The van der Waals surface area contributed by atoms with Crippen LogP contribution in [0, 0.1) is 11.3 Å². The van der Waals surface area contributed by atoms with Crippen LogP contribution in [0.25, 0.3) is 10.8 Å². The van der Waals surface area contributed by atoms with Crippen LogP contribution in [0.1, 0.15) is 23.5 Å². The number of benzene rings is 2. The lowest BCUT2D eigenvalue weighted by atomic mass is 9.97. The third kappa shape index (κ3) is 1.15. The minimum Gasteiger partial charge on any atom is -0.198 e. The van der Waals surface area contributed by atoms with Gasteiger partial charge in [0.15, 0.2) is 0 Å². The summed E-state index contributed by atoms with van der Waals surface area (Å²) in [5, 5.41) is 11.5. The first-order valence-electron chi connectivity index (χ1n) is 5.27. The fourth-order valence-corrected chi connectivity index (χ4v) is 2.63. The van der Waals surface area contributed by atoms with Crippen LogP contribution in [0.15, 0.2) is 36.4 Å². The van der Waals surface area contributed by atoms with Crippen LogP contribution in [0.3, 0.4) is 0 Å². The Balaban J connectivity index is 2.28. The largest absolute Gasteiger partial charge is 0.198 e. The molecule has 72 valence electrons. The summed E-state index contributed by atoms with van der Waals surface area (Å²) >= 11 is 0. The summed E-state index contributed by atoms with van der Waals surface area (Å²) in [5.41, 5.74) is 2.77. The average Bonchev–Trinajstić information content (AvgIpc) is 2.61. The molecule has 0 unspecified atom stereocenters. The van der Waals surface area contributed by atoms with Crippen molar-refractivity contribution in [1.29, 1.82) is 5.26 Å². The predicted octanol–water partition coefficient (Wildman–Crippen LogP) is 3.39. The highest BCUT2D eigenvalue weighted by Gasteiger charge is 2.23. The zero-order valence-electron chi connectivity index (χ0n) is 8.40. The van der Waals surface area contributed by atoms with Crippen molar-refractivity contribution in [2.75, 3.05) is 0 Å². The first kappa shape index (κ1) is 8.49. The van der Waals surface area contributed by atoms with Gasteiger partial charge < -0.3 is 0 Å². The molecule has 1 heteroatoms. The first-order valence-corrected chi connectivity index (χ1v) is 5.27. The molecule has 0 radical (unpaired) electrons. The monoisotopic (exact) mass is 193 g/mol. The molecule has 0 fully saturated rings. The van der Waals surface area contributed by atoms with E-state index in [1.165, 1.54) is 21.9 Å². The van der Waals surface area contributed by atoms with Gasteiger partial charge in [0.1, 0.15) is 0 Å². The molecule has 0 spiro atoms. The van der Waals surface area contributed by atoms with Gasteiger partial charge in [-0.1, -0.05) is 36.4 Å². The number of nitrogens with zero attached hydrogens (tertiary/aromatic N) is 1. The van der Waals surface area contributed by atoms with Crippen LogP contribution in [-0.4, -0.2) is 0 Å². The van der Waals surface area contributed by atoms with E-state index in [1.807, 2.05) is 0 Å². The summed E-state index contributed by atoms with van der Waals surface area (Å²) in [6.07, 6.45) is 1.66. The van der Waals surface area contributed by atoms with E-state index in [1.54, 1.807) is 0 Å². The molecule has 0 aliphatic heterocycles. The van der Waals surface area contributed by atoms with Crippen molar-refractivity contribution in [2.45, 2.75) is 18.8 Å². The highest BCUT2D eigenvalue weighted by atomic mass is 14.3. The Morgan fingerprint density at radius 1 is 1.20 bits per heavy atom. The van der Waals surface area contributed by atoms with E-state index in [9.17, 15) is 0 Å². The molecule has 0 saturated heterocycles. The summed E-state index contributed by atoms with van der Waals surface area (Å²) in [6.45, 7) is 0. The van der Waals surface area contributed by atoms with Crippen LogP contribution in [0.5, 0.6) is 0 Å². The van der Waals surface area contributed by atoms with E-state index in [2.05, 4.69) is 42.5 Å². The van der Waals surface area contributed by atoms with E-state index >= 15 is 0 Å². The van der Waals surface area contributed by atoms with Crippen molar-refractivity contribution in [3.05, 3.63) is 47.5 Å². The topological polar surface area (TPSA) is 23.8 Å². The molecule has 0 saturated carbocycles. The van der Waals surface area contributed by atoms with Gasteiger partial charge in [-0.15, -0.1) is 0 Å². The van der Waals surface area contributed by atoms with Crippen molar-refractivity contribution in [1.82, 2.24) is 0 Å². The number of hydrogen-bond acceptors (Lipinski definition) is 1. The highest BCUT2D eigenvalue weighted by Crippen LogP contribution is 2.39. The summed E-state index contributed by atoms with van der Waals surface area (Å²) in [4.78, 5) is 0. The van der Waals surface area contributed by atoms with Crippen LogP contribution in [0.2, 0.25) is 0 Å². The van der Waals surface area contributed by atoms with Gasteiger partial charge in [-0.25, -0.2) is 0 Å². The second-order valence-electron chi connectivity index (χ2n) is 4.13. The van der Waals surface area contributed by atoms with E-state index < -0.39 is 0 Å². The Morgan fingerprint density at radius 3 is 2.80 bits per heavy atom. The Morgan fingerprint density at radius 2 is 2.00 bits per heavy atom. The number of hydrogen-bond donors (Lipinski definition) is 0. The van der Waals surface area contributed by atoms with Gasteiger partial charge in [0.05, 0.1) is 6.07 Å². The fourth-order valence-electron chi connectivity index (χ4n) is 2.63. The molecule has 1 atom stereocenters. The van der Waals surface area contributed by atoms with Gasteiger partial charge in [-0.05, 0) is 28.3 Å². The standard InChI is InChI=1S/C14H11N/c15-8-7-11-9-12-5-1-3-10-4-2-6-13(11)14(10)12/h1-6,11H,7,9H2/t11-/m0/s1. The fraction of sp³-hybridized carbons (Fsp3) is 0.214. The Labute approximate surface area is 89.0 Å². The van der Waals surface area contributed by atoms with Gasteiger partial charge in [-0.2, -0.15) is 5.26 Å². The average molecular weight is 193 g/mol. The Bertz CT molecular complexity index is 558. The highest BCUT2D eigenvalue weighted by molar-refractivity contribution is 5.91. The summed E-state index contributed by atoms with van der Waals surface area (Å²) < 4.78 is 0. The van der Waals surface area contributed by atoms with Crippen molar-refractivity contribution in [3.63, 3.8) is 0 Å². The van der Waals surface area contributed by atoms with Crippen LogP contribution in [0.4, 0.5) is 0 Å². The van der Waals surface area contributed by atoms with Gasteiger partial charge in [-0.3, -0.25) is 0 Å².